The van der Waals surface area contributed by atoms with Crippen LogP contribution < -0.4 is 0 Å². The van der Waals surface area contributed by atoms with Gasteiger partial charge in [-0.3, -0.25) is 0 Å². The Hall–Kier alpha value is -0.120. The van der Waals surface area contributed by atoms with Gasteiger partial charge in [0, 0.05) is 5.92 Å². The largest absolute Gasteiger partial charge is 0.364 e. The summed E-state index contributed by atoms with van der Waals surface area (Å²) in [6.45, 7) is 2.93. The Kier molecular flexibility index (Phi) is 0.854. The lowest BCUT2D eigenvalue weighted by Crippen LogP contribution is -2.33. The smallest absolute Gasteiger partial charge is 0.186 e. The van der Waals surface area contributed by atoms with E-state index in [9.17, 15) is 0 Å². The van der Waals surface area contributed by atoms with Crippen molar-refractivity contribution in [3.8, 4) is 0 Å². The number of rotatable bonds is 0. The van der Waals surface area contributed by atoms with Crippen LogP contribution in [0.2, 0.25) is 0 Å². The molecule has 0 radical (unpaired) electrons. The van der Waals surface area contributed by atoms with E-state index in [1.54, 1.807) is 0 Å². The van der Waals surface area contributed by atoms with Crippen LogP contribution in [0.25, 0.3) is 0 Å². The summed E-state index contributed by atoms with van der Waals surface area (Å²) in [5.74, 6) is 0.531. The van der Waals surface area contributed by atoms with Gasteiger partial charge < -0.3 is 14.2 Å². The summed E-state index contributed by atoms with van der Waals surface area (Å²) in [5, 5.41) is 0. The first-order valence-electron chi connectivity index (χ1n) is 3.79. The van der Waals surface area contributed by atoms with Gasteiger partial charge in [-0.2, -0.15) is 0 Å². The van der Waals surface area contributed by atoms with Crippen LogP contribution in [0.5, 0.6) is 0 Å². The Bertz CT molecular complexity index is 168. The molecule has 3 nitrogen and oxygen atoms in total. The Morgan fingerprint density at radius 2 is 2.10 bits per heavy atom. The van der Waals surface area contributed by atoms with Crippen molar-refractivity contribution in [2.45, 2.75) is 31.5 Å². The standard InChI is InChI=1S/C7H10O3/c1-3-4-2-8-7(9-4)6-5(3)10-6/h3-7H,2H2,1H3/t3-,4-,5+,6+,7-/m1/s1. The molecule has 3 rings (SSSR count). The molecule has 5 atom stereocenters. The zero-order chi connectivity index (χ0) is 6.72. The fourth-order valence-electron chi connectivity index (χ4n) is 1.88. The first-order chi connectivity index (χ1) is 4.86. The van der Waals surface area contributed by atoms with Gasteiger partial charge in [-0.15, -0.1) is 0 Å². The number of ether oxygens (including phenoxy) is 3. The van der Waals surface area contributed by atoms with Crippen LogP contribution in [0.15, 0.2) is 0 Å². The summed E-state index contributed by atoms with van der Waals surface area (Å²) in [4.78, 5) is 0. The van der Waals surface area contributed by atoms with Crippen molar-refractivity contribution in [3.63, 3.8) is 0 Å². The predicted octanol–water partition coefficient (Wildman–Crippen LogP) is 0.145. The summed E-state index contributed by atoms with van der Waals surface area (Å²) < 4.78 is 16.2. The van der Waals surface area contributed by atoms with E-state index in [-0.39, 0.29) is 12.4 Å². The average Bonchev–Trinajstić information content (AvgIpc) is 2.61. The Morgan fingerprint density at radius 3 is 3.00 bits per heavy atom. The maximum Gasteiger partial charge on any atom is 0.186 e. The molecule has 56 valence electrons. The van der Waals surface area contributed by atoms with E-state index in [4.69, 9.17) is 14.2 Å². The second kappa shape index (κ2) is 1.55. The van der Waals surface area contributed by atoms with Crippen molar-refractivity contribution >= 4 is 0 Å². The third kappa shape index (κ3) is 0.516. The summed E-state index contributed by atoms with van der Waals surface area (Å²) in [7, 11) is 0. The van der Waals surface area contributed by atoms with Gasteiger partial charge in [-0.25, -0.2) is 0 Å². The Balaban J connectivity index is 1.91. The molecule has 0 aromatic rings. The van der Waals surface area contributed by atoms with Gasteiger partial charge in [0.25, 0.3) is 0 Å². The van der Waals surface area contributed by atoms with E-state index >= 15 is 0 Å². The molecule has 3 heteroatoms. The van der Waals surface area contributed by atoms with Crippen molar-refractivity contribution < 1.29 is 14.2 Å². The second-order valence-corrected chi connectivity index (χ2v) is 3.30. The topological polar surface area (TPSA) is 31.0 Å². The molecule has 2 bridgehead atoms. The van der Waals surface area contributed by atoms with Gasteiger partial charge in [0.2, 0.25) is 0 Å². The predicted molar refractivity (Wildman–Crippen MR) is 32.4 cm³/mol. The van der Waals surface area contributed by atoms with Crippen molar-refractivity contribution in [3.05, 3.63) is 0 Å². The molecule has 3 heterocycles. The lowest BCUT2D eigenvalue weighted by molar-refractivity contribution is -0.0870. The highest BCUT2D eigenvalue weighted by atomic mass is 16.8. The van der Waals surface area contributed by atoms with E-state index in [1.807, 2.05) is 0 Å². The maximum atomic E-state index is 5.52. The van der Waals surface area contributed by atoms with E-state index in [1.165, 1.54) is 0 Å². The molecule has 3 aliphatic heterocycles. The minimum atomic E-state index is -0.0359. The van der Waals surface area contributed by atoms with Crippen LogP contribution >= 0.6 is 0 Å². The fourth-order valence-corrected chi connectivity index (χ4v) is 1.88. The summed E-state index contributed by atoms with van der Waals surface area (Å²) in [6.07, 6.45) is 0.958. The summed E-state index contributed by atoms with van der Waals surface area (Å²) in [6, 6.07) is 0. The quantitative estimate of drug-likeness (QED) is 0.451. The van der Waals surface area contributed by atoms with Crippen molar-refractivity contribution in [1.29, 1.82) is 0 Å². The maximum absolute atomic E-state index is 5.52. The van der Waals surface area contributed by atoms with Crippen LogP contribution in [0.4, 0.5) is 0 Å². The van der Waals surface area contributed by atoms with Crippen molar-refractivity contribution in [1.82, 2.24) is 0 Å². The number of fused-ring (bicyclic) bond motifs is 4. The van der Waals surface area contributed by atoms with Crippen LogP contribution in [-0.4, -0.2) is 31.2 Å². The summed E-state index contributed by atoms with van der Waals surface area (Å²) in [5.41, 5.74) is 0. The zero-order valence-electron chi connectivity index (χ0n) is 5.82. The van der Waals surface area contributed by atoms with Crippen LogP contribution in [0.1, 0.15) is 6.92 Å². The minimum absolute atomic E-state index is 0.0359. The van der Waals surface area contributed by atoms with Gasteiger partial charge in [0.15, 0.2) is 6.29 Å². The highest BCUT2D eigenvalue weighted by Crippen LogP contribution is 2.44. The highest BCUT2D eigenvalue weighted by Gasteiger charge is 2.59. The van der Waals surface area contributed by atoms with Gasteiger partial charge in [-0.05, 0) is 0 Å². The molecule has 0 aliphatic carbocycles. The number of hydrogen-bond acceptors (Lipinski definition) is 3. The monoisotopic (exact) mass is 142 g/mol. The lowest BCUT2D eigenvalue weighted by atomic mass is 9.98. The lowest BCUT2D eigenvalue weighted by Gasteiger charge is -2.19. The van der Waals surface area contributed by atoms with Crippen molar-refractivity contribution in [2.75, 3.05) is 6.61 Å². The minimum Gasteiger partial charge on any atom is -0.364 e. The van der Waals surface area contributed by atoms with E-state index in [0.29, 0.717) is 18.1 Å². The third-order valence-corrected chi connectivity index (χ3v) is 2.67. The first kappa shape index (κ1) is 5.52. The van der Waals surface area contributed by atoms with Gasteiger partial charge in [0.1, 0.15) is 6.10 Å². The molecule has 0 aromatic carbocycles. The van der Waals surface area contributed by atoms with Crippen LogP contribution in [0.3, 0.4) is 0 Å². The number of hydrogen-bond donors (Lipinski definition) is 0. The van der Waals surface area contributed by atoms with Gasteiger partial charge >= 0.3 is 0 Å². The zero-order valence-corrected chi connectivity index (χ0v) is 5.82. The normalized spacial score (nSPS) is 63.9. The molecule has 0 unspecified atom stereocenters. The molecular formula is C7H10O3. The molecule has 3 aliphatic rings. The summed E-state index contributed by atoms with van der Waals surface area (Å²) >= 11 is 0. The molecule has 3 saturated heterocycles. The van der Waals surface area contributed by atoms with Gasteiger partial charge in [-0.1, -0.05) is 6.92 Å². The van der Waals surface area contributed by atoms with E-state index < -0.39 is 0 Å². The molecule has 0 spiro atoms. The molecule has 3 fully saturated rings. The molecular weight excluding hydrogens is 132 g/mol. The average molecular weight is 142 g/mol. The fraction of sp³-hybridized carbons (Fsp3) is 1.00. The molecule has 0 aromatic heterocycles. The Morgan fingerprint density at radius 1 is 1.20 bits per heavy atom. The molecule has 0 saturated carbocycles. The highest BCUT2D eigenvalue weighted by molar-refractivity contribution is 5.01. The second-order valence-electron chi connectivity index (χ2n) is 3.30. The number of epoxide rings is 1. The first-order valence-corrected chi connectivity index (χ1v) is 3.79. The molecule has 0 amide bonds. The van der Waals surface area contributed by atoms with Crippen LogP contribution in [-0.2, 0) is 14.2 Å². The SMILES string of the molecule is C[C@H]1[C@@H]2O[C@@H]2[C@@H]2OC[C@H]1O2. The van der Waals surface area contributed by atoms with Gasteiger partial charge in [0.05, 0.1) is 18.8 Å². The molecule has 10 heavy (non-hydrogen) atoms. The van der Waals surface area contributed by atoms with E-state index in [0.717, 1.165) is 6.61 Å². The van der Waals surface area contributed by atoms with Crippen LogP contribution in [0, 0.1) is 5.92 Å². The van der Waals surface area contributed by atoms with Crippen molar-refractivity contribution in [2.24, 2.45) is 5.92 Å². The Labute approximate surface area is 59.3 Å². The third-order valence-electron chi connectivity index (χ3n) is 2.67. The van der Waals surface area contributed by atoms with E-state index in [2.05, 4.69) is 6.92 Å². The molecule has 0 N–H and O–H groups in total.